The van der Waals surface area contributed by atoms with Gasteiger partial charge in [-0.1, -0.05) is 12.1 Å². The molecule has 6 heteroatoms. The summed E-state index contributed by atoms with van der Waals surface area (Å²) in [6.07, 6.45) is 0. The van der Waals surface area contributed by atoms with E-state index in [1.165, 1.54) is 24.3 Å². The highest BCUT2D eigenvalue weighted by atomic mass is 16.6. The lowest BCUT2D eigenvalue weighted by molar-refractivity contribution is -0.474. The van der Waals surface area contributed by atoms with Gasteiger partial charge < -0.3 is 15.5 Å². The first-order valence-electron chi connectivity index (χ1n) is 3.31. The van der Waals surface area contributed by atoms with Gasteiger partial charge >= 0.3 is 5.97 Å². The molecule has 0 fully saturated rings. The maximum Gasteiger partial charge on any atom is 0.342 e. The number of carbonyl (C=O) groups is 1. The predicted molar refractivity (Wildman–Crippen MR) is 40.9 cm³/mol. The molecular weight excluding hydrogens is 176 g/mol. The molecule has 0 radical (unpaired) electrons. The normalized spacial score (nSPS) is 11.2. The summed E-state index contributed by atoms with van der Waals surface area (Å²) in [7, 11) is 0. The van der Waals surface area contributed by atoms with Crippen molar-refractivity contribution in [1.82, 2.24) is 0 Å². The molecular formula is C7H6N2O4. The van der Waals surface area contributed by atoms with Crippen molar-refractivity contribution < 1.29 is 20.0 Å². The largest absolute Gasteiger partial charge is 0.592 e. The standard InChI is InChI=1S/C7H6N2O4/c10-7(11)5-3-1-2-4-6(5)9(13)8-12/h1-4,12H,(H,10,11). The molecule has 0 amide bonds. The lowest BCUT2D eigenvalue weighted by Crippen LogP contribution is -2.02. The van der Waals surface area contributed by atoms with Gasteiger partial charge in [0.25, 0.3) is 5.69 Å². The van der Waals surface area contributed by atoms with Gasteiger partial charge in [-0.2, -0.15) is 0 Å². The van der Waals surface area contributed by atoms with E-state index in [-0.39, 0.29) is 16.1 Å². The first kappa shape index (κ1) is 8.98. The summed E-state index contributed by atoms with van der Waals surface area (Å²) in [5.74, 6) is -1.25. The lowest BCUT2D eigenvalue weighted by atomic mass is 10.2. The molecule has 0 heterocycles. The zero-order valence-electron chi connectivity index (χ0n) is 6.41. The molecule has 0 aliphatic rings. The molecule has 0 saturated carbocycles. The van der Waals surface area contributed by atoms with Gasteiger partial charge in [-0.3, -0.25) is 0 Å². The van der Waals surface area contributed by atoms with Crippen LogP contribution in [0.5, 0.6) is 0 Å². The van der Waals surface area contributed by atoms with Crippen molar-refractivity contribution in [2.45, 2.75) is 0 Å². The molecule has 0 aliphatic heterocycles. The maximum absolute atomic E-state index is 10.8. The Bertz CT molecular complexity index is 361. The summed E-state index contributed by atoms with van der Waals surface area (Å²) < 4.78 is 0. The molecule has 0 saturated heterocycles. The molecule has 0 atom stereocenters. The molecule has 13 heavy (non-hydrogen) atoms. The van der Waals surface area contributed by atoms with Gasteiger partial charge in [0.2, 0.25) is 5.28 Å². The zero-order valence-corrected chi connectivity index (χ0v) is 6.41. The summed E-state index contributed by atoms with van der Waals surface area (Å²) in [5.41, 5.74) is -0.423. The van der Waals surface area contributed by atoms with E-state index in [0.29, 0.717) is 0 Å². The van der Waals surface area contributed by atoms with Crippen molar-refractivity contribution in [2.75, 3.05) is 0 Å². The molecule has 1 rings (SSSR count). The Hall–Kier alpha value is -2.11. The fourth-order valence-electron chi connectivity index (χ4n) is 0.869. The minimum absolute atomic E-state index is 0.163. The van der Waals surface area contributed by atoms with Crippen molar-refractivity contribution >= 4 is 11.7 Å². The lowest BCUT2D eigenvalue weighted by Gasteiger charge is -1.99. The van der Waals surface area contributed by atoms with Crippen molar-refractivity contribution in [3.05, 3.63) is 35.0 Å². The van der Waals surface area contributed by atoms with E-state index < -0.39 is 5.97 Å². The van der Waals surface area contributed by atoms with Crippen molar-refractivity contribution in [2.24, 2.45) is 5.28 Å². The van der Waals surface area contributed by atoms with Gasteiger partial charge in [-0.15, -0.1) is 0 Å². The second-order valence-corrected chi connectivity index (χ2v) is 2.18. The van der Waals surface area contributed by atoms with Crippen molar-refractivity contribution in [1.29, 1.82) is 0 Å². The Morgan fingerprint density at radius 1 is 1.46 bits per heavy atom. The molecule has 1 aromatic carbocycles. The van der Waals surface area contributed by atoms with Crippen molar-refractivity contribution in [3.8, 4) is 0 Å². The van der Waals surface area contributed by atoms with E-state index in [4.69, 9.17) is 10.3 Å². The van der Waals surface area contributed by atoms with Gasteiger partial charge in [-0.05, 0) is 10.9 Å². The first-order valence-corrected chi connectivity index (χ1v) is 3.31. The van der Waals surface area contributed by atoms with Crippen LogP contribution in [0.1, 0.15) is 10.4 Å². The van der Waals surface area contributed by atoms with Crippen LogP contribution in [0.4, 0.5) is 5.69 Å². The van der Waals surface area contributed by atoms with Crippen LogP contribution in [0, 0.1) is 5.21 Å². The first-order chi connectivity index (χ1) is 6.16. The third-order valence-corrected chi connectivity index (χ3v) is 1.42. The number of carboxylic acid groups (broad SMARTS) is 1. The van der Waals surface area contributed by atoms with E-state index in [1.54, 1.807) is 0 Å². The molecule has 68 valence electrons. The van der Waals surface area contributed by atoms with Crippen LogP contribution in [0.15, 0.2) is 29.5 Å². The molecule has 0 bridgehead atoms. The van der Waals surface area contributed by atoms with Crippen LogP contribution in [0.3, 0.4) is 0 Å². The fourth-order valence-corrected chi connectivity index (χ4v) is 0.869. The van der Waals surface area contributed by atoms with Crippen LogP contribution >= 0.6 is 0 Å². The maximum atomic E-state index is 10.8. The predicted octanol–water partition coefficient (Wildman–Crippen LogP) is 1.37. The van der Waals surface area contributed by atoms with E-state index in [2.05, 4.69) is 5.28 Å². The minimum atomic E-state index is -1.25. The number of hydrogen-bond acceptors (Lipinski definition) is 3. The van der Waals surface area contributed by atoms with Crippen LogP contribution in [-0.4, -0.2) is 21.1 Å². The molecule has 6 nitrogen and oxygen atoms in total. The van der Waals surface area contributed by atoms with Crippen molar-refractivity contribution in [3.63, 3.8) is 0 Å². The highest BCUT2D eigenvalue weighted by Crippen LogP contribution is 2.17. The Balaban J connectivity index is 3.28. The average Bonchev–Trinajstić information content (AvgIpc) is 2.16. The zero-order chi connectivity index (χ0) is 9.84. The minimum Gasteiger partial charge on any atom is -0.592 e. The third kappa shape index (κ3) is 1.73. The Kier molecular flexibility index (Phi) is 2.44. The number of carboxylic acids is 1. The van der Waals surface area contributed by atoms with Gasteiger partial charge in [0.05, 0.1) is 0 Å². The molecule has 2 N–H and O–H groups in total. The Labute approximate surface area is 72.9 Å². The average molecular weight is 182 g/mol. The number of aromatic carboxylic acids is 1. The summed E-state index contributed by atoms with van der Waals surface area (Å²) in [6, 6.07) is 5.43. The Morgan fingerprint density at radius 2 is 2.08 bits per heavy atom. The van der Waals surface area contributed by atoms with Gasteiger partial charge in [-0.25, -0.2) is 4.79 Å². The second kappa shape index (κ2) is 3.53. The molecule has 0 aromatic heterocycles. The number of para-hydroxylation sites is 1. The van der Waals surface area contributed by atoms with Crippen LogP contribution in [0.25, 0.3) is 0 Å². The molecule has 0 spiro atoms. The van der Waals surface area contributed by atoms with Crippen LogP contribution in [-0.2, 0) is 0 Å². The monoisotopic (exact) mass is 182 g/mol. The third-order valence-electron chi connectivity index (χ3n) is 1.42. The van der Waals surface area contributed by atoms with E-state index in [0.717, 1.165) is 0 Å². The summed E-state index contributed by atoms with van der Waals surface area (Å²) in [4.78, 5) is 10.4. The SMILES string of the molecule is O=C(O)c1ccccc1[N+]([O-])=NO. The van der Waals surface area contributed by atoms with Crippen LogP contribution < -0.4 is 0 Å². The van der Waals surface area contributed by atoms with E-state index >= 15 is 0 Å². The highest BCUT2D eigenvalue weighted by molar-refractivity contribution is 5.92. The molecule has 0 unspecified atom stereocenters. The highest BCUT2D eigenvalue weighted by Gasteiger charge is 2.16. The smallest absolute Gasteiger partial charge is 0.342 e. The fraction of sp³-hybridized carbons (Fsp3) is 0. The van der Waals surface area contributed by atoms with Gasteiger partial charge in [0, 0.05) is 6.07 Å². The van der Waals surface area contributed by atoms with E-state index in [9.17, 15) is 10.0 Å². The second-order valence-electron chi connectivity index (χ2n) is 2.18. The topological polar surface area (TPSA) is 96.0 Å². The number of rotatable bonds is 2. The molecule has 0 aliphatic carbocycles. The Morgan fingerprint density at radius 3 is 2.62 bits per heavy atom. The van der Waals surface area contributed by atoms with Gasteiger partial charge in [0.1, 0.15) is 5.56 Å². The van der Waals surface area contributed by atoms with E-state index in [1.807, 2.05) is 0 Å². The summed E-state index contributed by atoms with van der Waals surface area (Å²) in [6.45, 7) is 0. The summed E-state index contributed by atoms with van der Waals surface area (Å²) in [5, 5.41) is 29.9. The number of benzene rings is 1. The van der Waals surface area contributed by atoms with Gasteiger partial charge in [0.15, 0.2) is 0 Å². The number of nitrogens with zero attached hydrogens (tertiary/aromatic N) is 2. The van der Waals surface area contributed by atoms with Crippen LogP contribution in [0.2, 0.25) is 0 Å². The molecule has 1 aromatic rings. The quantitative estimate of drug-likeness (QED) is 0.410. The number of hydrogen-bond donors (Lipinski definition) is 2. The summed E-state index contributed by atoms with van der Waals surface area (Å²) >= 11 is 0.